The van der Waals surface area contributed by atoms with Gasteiger partial charge in [-0.15, -0.1) is 0 Å². The second kappa shape index (κ2) is 14.3. The molecule has 43 heavy (non-hydrogen) atoms. The summed E-state index contributed by atoms with van der Waals surface area (Å²) in [5.74, 6) is -0.611. The number of anilines is 1. The first-order chi connectivity index (χ1) is 20.6. The van der Waals surface area contributed by atoms with Crippen LogP contribution in [0.5, 0.6) is 5.75 Å². The molecule has 0 heterocycles. The molecule has 0 radical (unpaired) electrons. The number of hydrogen-bond acceptors (Lipinski definition) is 5. The molecule has 4 aromatic rings. The van der Waals surface area contributed by atoms with Gasteiger partial charge in [0.15, 0.2) is 0 Å². The van der Waals surface area contributed by atoms with E-state index in [2.05, 4.69) is 21.2 Å². The fraction of sp³-hybridized carbons (Fsp3) is 0.212. The van der Waals surface area contributed by atoms with Crippen LogP contribution in [0, 0.1) is 6.92 Å². The summed E-state index contributed by atoms with van der Waals surface area (Å²) in [4.78, 5) is 29.2. The molecule has 4 rings (SSSR count). The highest BCUT2D eigenvalue weighted by Crippen LogP contribution is 2.34. The fourth-order valence-corrected chi connectivity index (χ4v) is 6.44. The standard InChI is InChI=1S/C33H34BrN3O5S/c1-24-14-19-31(42-3)29(20-24)37(43(40,41)28-12-8-5-9-13-28)23-32(38)36(22-26-15-17-27(34)18-16-26)30(33(39)35-2)21-25-10-6-4-7-11-25/h4-20,30H,21-23H2,1-3H3,(H,35,39)/t30-/m0/s1. The summed E-state index contributed by atoms with van der Waals surface area (Å²) in [6.07, 6.45) is 0.238. The van der Waals surface area contributed by atoms with E-state index in [1.807, 2.05) is 61.5 Å². The van der Waals surface area contributed by atoms with E-state index in [1.165, 1.54) is 31.2 Å². The van der Waals surface area contributed by atoms with Gasteiger partial charge in [-0.3, -0.25) is 13.9 Å². The van der Waals surface area contributed by atoms with Crippen molar-refractivity contribution in [1.29, 1.82) is 0 Å². The van der Waals surface area contributed by atoms with E-state index in [9.17, 15) is 18.0 Å². The zero-order valence-corrected chi connectivity index (χ0v) is 26.6. The first-order valence-electron chi connectivity index (χ1n) is 13.7. The highest BCUT2D eigenvalue weighted by molar-refractivity contribution is 9.10. The predicted molar refractivity (Wildman–Crippen MR) is 171 cm³/mol. The second-order valence-electron chi connectivity index (χ2n) is 9.97. The fourth-order valence-electron chi connectivity index (χ4n) is 4.74. The van der Waals surface area contributed by atoms with Gasteiger partial charge in [-0.2, -0.15) is 0 Å². The van der Waals surface area contributed by atoms with Crippen LogP contribution in [0.1, 0.15) is 16.7 Å². The molecular formula is C33H34BrN3O5S. The molecule has 224 valence electrons. The maximum Gasteiger partial charge on any atom is 0.264 e. The monoisotopic (exact) mass is 663 g/mol. The lowest BCUT2D eigenvalue weighted by Gasteiger charge is -2.34. The van der Waals surface area contributed by atoms with Crippen molar-refractivity contribution in [2.24, 2.45) is 0 Å². The Kier molecular flexibility index (Phi) is 10.6. The molecular weight excluding hydrogens is 630 g/mol. The lowest BCUT2D eigenvalue weighted by Crippen LogP contribution is -2.53. The number of nitrogens with one attached hydrogen (secondary N) is 1. The number of carbonyl (C=O) groups is 2. The van der Waals surface area contributed by atoms with Gasteiger partial charge in [0.25, 0.3) is 10.0 Å². The normalized spacial score (nSPS) is 11.8. The van der Waals surface area contributed by atoms with Gasteiger partial charge in [0.1, 0.15) is 18.3 Å². The quantitative estimate of drug-likeness (QED) is 0.221. The minimum Gasteiger partial charge on any atom is -0.495 e. The minimum atomic E-state index is -4.22. The Morgan fingerprint density at radius 3 is 2.12 bits per heavy atom. The van der Waals surface area contributed by atoms with Crippen LogP contribution in [0.4, 0.5) is 5.69 Å². The van der Waals surface area contributed by atoms with Gasteiger partial charge in [-0.05, 0) is 60.0 Å². The summed E-state index contributed by atoms with van der Waals surface area (Å²) >= 11 is 3.44. The van der Waals surface area contributed by atoms with Crippen LogP contribution in [-0.2, 0) is 32.6 Å². The van der Waals surface area contributed by atoms with E-state index in [1.54, 1.807) is 36.4 Å². The third kappa shape index (κ3) is 7.82. The number of aryl methyl sites for hydroxylation is 1. The van der Waals surface area contributed by atoms with Gasteiger partial charge in [0, 0.05) is 24.5 Å². The molecule has 0 saturated heterocycles. The van der Waals surface area contributed by atoms with Gasteiger partial charge in [-0.25, -0.2) is 8.42 Å². The molecule has 1 atom stereocenters. The van der Waals surface area contributed by atoms with Crippen LogP contribution in [0.2, 0.25) is 0 Å². The van der Waals surface area contributed by atoms with E-state index in [-0.39, 0.29) is 29.5 Å². The zero-order chi connectivity index (χ0) is 31.0. The van der Waals surface area contributed by atoms with Crippen molar-refractivity contribution in [2.75, 3.05) is 25.0 Å². The molecule has 0 saturated carbocycles. The Balaban J connectivity index is 1.82. The van der Waals surface area contributed by atoms with E-state index in [0.29, 0.717) is 5.75 Å². The largest absolute Gasteiger partial charge is 0.495 e. The Morgan fingerprint density at radius 1 is 0.884 bits per heavy atom. The number of sulfonamides is 1. The lowest BCUT2D eigenvalue weighted by atomic mass is 10.0. The molecule has 0 aliphatic rings. The molecule has 10 heteroatoms. The zero-order valence-electron chi connectivity index (χ0n) is 24.2. The topological polar surface area (TPSA) is 96.0 Å². The van der Waals surface area contributed by atoms with Crippen molar-refractivity contribution >= 4 is 43.5 Å². The number of nitrogens with zero attached hydrogens (tertiary/aromatic N) is 2. The van der Waals surface area contributed by atoms with Crippen LogP contribution in [0.25, 0.3) is 0 Å². The van der Waals surface area contributed by atoms with E-state index in [4.69, 9.17) is 4.74 Å². The number of hydrogen-bond donors (Lipinski definition) is 1. The summed E-state index contributed by atoms with van der Waals surface area (Å²) in [5, 5.41) is 2.69. The molecule has 0 fully saturated rings. The van der Waals surface area contributed by atoms with Crippen LogP contribution in [-0.4, -0.2) is 51.9 Å². The van der Waals surface area contributed by atoms with Crippen LogP contribution < -0.4 is 14.4 Å². The number of methoxy groups -OCH3 is 1. The maximum absolute atomic E-state index is 14.4. The number of ether oxygens (including phenoxy) is 1. The molecule has 0 bridgehead atoms. The van der Waals surface area contributed by atoms with Gasteiger partial charge >= 0.3 is 0 Å². The molecule has 2 amide bonds. The molecule has 1 N–H and O–H groups in total. The van der Waals surface area contributed by atoms with Crippen molar-refractivity contribution in [3.05, 3.63) is 124 Å². The van der Waals surface area contributed by atoms with Gasteiger partial charge in [-0.1, -0.05) is 82.7 Å². The van der Waals surface area contributed by atoms with Gasteiger partial charge in [0.2, 0.25) is 11.8 Å². The minimum absolute atomic E-state index is 0.0259. The number of amides is 2. The Morgan fingerprint density at radius 2 is 1.51 bits per heavy atom. The number of likely N-dealkylation sites (N-methyl/N-ethyl adjacent to an activating group) is 1. The number of benzene rings is 4. The molecule has 0 spiro atoms. The third-order valence-electron chi connectivity index (χ3n) is 7.00. The van der Waals surface area contributed by atoms with Crippen molar-refractivity contribution in [3.8, 4) is 5.75 Å². The van der Waals surface area contributed by atoms with Gasteiger partial charge in [0.05, 0.1) is 17.7 Å². The molecule has 0 aliphatic carbocycles. The number of rotatable bonds is 12. The average molecular weight is 665 g/mol. The smallest absolute Gasteiger partial charge is 0.264 e. The molecule has 0 aromatic heterocycles. The van der Waals surface area contributed by atoms with Crippen molar-refractivity contribution in [2.45, 2.75) is 30.8 Å². The third-order valence-corrected chi connectivity index (χ3v) is 9.30. The number of halogens is 1. The van der Waals surface area contributed by atoms with Crippen LogP contribution in [0.3, 0.4) is 0 Å². The van der Waals surface area contributed by atoms with E-state index < -0.39 is 28.5 Å². The Hall–Kier alpha value is -4.15. The highest BCUT2D eigenvalue weighted by Gasteiger charge is 2.35. The first-order valence-corrected chi connectivity index (χ1v) is 15.9. The van der Waals surface area contributed by atoms with Crippen molar-refractivity contribution < 1.29 is 22.7 Å². The first kappa shape index (κ1) is 31.8. The SMILES string of the molecule is CNC(=O)[C@H](Cc1ccccc1)N(Cc1ccc(Br)cc1)C(=O)CN(c1cc(C)ccc1OC)S(=O)(=O)c1ccccc1. The Bertz CT molecular complexity index is 1650. The number of carbonyl (C=O) groups excluding carboxylic acids is 2. The van der Waals surface area contributed by atoms with Crippen LogP contribution in [0.15, 0.2) is 112 Å². The second-order valence-corrected chi connectivity index (χ2v) is 12.7. The van der Waals surface area contributed by atoms with Crippen molar-refractivity contribution in [3.63, 3.8) is 0 Å². The lowest BCUT2D eigenvalue weighted by molar-refractivity contribution is -0.139. The summed E-state index contributed by atoms with van der Waals surface area (Å²) in [6.45, 7) is 1.36. The van der Waals surface area contributed by atoms with E-state index in [0.717, 1.165) is 25.5 Å². The predicted octanol–water partition coefficient (Wildman–Crippen LogP) is 5.35. The van der Waals surface area contributed by atoms with Crippen LogP contribution >= 0.6 is 15.9 Å². The summed E-state index contributed by atoms with van der Waals surface area (Å²) < 4.78 is 35.7. The molecule has 4 aromatic carbocycles. The average Bonchev–Trinajstić information content (AvgIpc) is 3.02. The van der Waals surface area contributed by atoms with Crippen molar-refractivity contribution in [1.82, 2.24) is 10.2 Å². The maximum atomic E-state index is 14.4. The van der Waals surface area contributed by atoms with E-state index >= 15 is 0 Å². The molecule has 0 aliphatic heterocycles. The summed E-state index contributed by atoms with van der Waals surface area (Å²) in [7, 11) is -1.25. The Labute approximate surface area is 261 Å². The summed E-state index contributed by atoms with van der Waals surface area (Å²) in [6, 6.07) is 29.0. The van der Waals surface area contributed by atoms with Gasteiger partial charge < -0.3 is 15.0 Å². The highest BCUT2D eigenvalue weighted by atomic mass is 79.9. The summed E-state index contributed by atoms with van der Waals surface area (Å²) in [5.41, 5.74) is 2.65. The molecule has 8 nitrogen and oxygen atoms in total. The molecule has 0 unspecified atom stereocenters.